The number of benzene rings is 2. The van der Waals surface area contributed by atoms with Crippen molar-refractivity contribution in [2.45, 2.75) is 50.8 Å². The van der Waals surface area contributed by atoms with E-state index in [1.165, 1.54) is 44.8 Å². The highest BCUT2D eigenvalue weighted by Gasteiger charge is 2.53. The number of rotatable bonds is 10. The van der Waals surface area contributed by atoms with Crippen LogP contribution in [0.15, 0.2) is 42.5 Å². The number of halogens is 5. The first kappa shape index (κ1) is 42.7. The third kappa shape index (κ3) is 8.90. The van der Waals surface area contributed by atoms with Crippen LogP contribution in [-0.4, -0.2) is 80.7 Å². The number of fused-ring (bicyclic) bond motifs is 2. The normalized spacial score (nSPS) is 15.2. The monoisotopic (exact) mass is 852 g/mol. The van der Waals surface area contributed by atoms with Gasteiger partial charge in [-0.1, -0.05) is 29.5 Å². The number of aromatic nitrogens is 5. The molecule has 59 heavy (non-hydrogen) atoms. The van der Waals surface area contributed by atoms with Crippen molar-refractivity contribution in [1.29, 1.82) is 0 Å². The van der Waals surface area contributed by atoms with Gasteiger partial charge in [0.1, 0.15) is 35.2 Å². The van der Waals surface area contributed by atoms with Gasteiger partial charge in [-0.05, 0) is 68.5 Å². The molecule has 3 N–H and O–H groups in total. The highest BCUT2D eigenvalue weighted by Crippen LogP contribution is 2.47. The second-order valence-corrected chi connectivity index (χ2v) is 16.9. The molecule has 2 amide bonds. The molecule has 0 aliphatic heterocycles. The van der Waals surface area contributed by atoms with Crippen molar-refractivity contribution >= 4 is 50.2 Å². The summed E-state index contributed by atoms with van der Waals surface area (Å²) in [5, 5.41) is 21.9. The summed E-state index contributed by atoms with van der Waals surface area (Å²) in [7, 11) is 0.548. The highest BCUT2D eigenvalue weighted by molar-refractivity contribution is 7.92. The minimum absolute atomic E-state index is 0.0555. The maximum atomic E-state index is 15.8. The number of anilines is 1. The summed E-state index contributed by atoms with van der Waals surface area (Å²) in [4.78, 5) is 33.1. The molecule has 6 rings (SSSR count). The highest BCUT2D eigenvalue weighted by atomic mass is 35.5. The van der Waals surface area contributed by atoms with Crippen LogP contribution in [0.5, 0.6) is 0 Å². The van der Waals surface area contributed by atoms with Gasteiger partial charge in [0.15, 0.2) is 11.5 Å². The van der Waals surface area contributed by atoms with Gasteiger partial charge in [0.05, 0.1) is 39.8 Å². The van der Waals surface area contributed by atoms with Crippen molar-refractivity contribution in [2.75, 3.05) is 25.1 Å². The second-order valence-electron chi connectivity index (χ2n) is 14.8. The van der Waals surface area contributed by atoms with Gasteiger partial charge in [-0.15, -0.1) is 6.42 Å². The molecule has 3 aromatic heterocycles. The van der Waals surface area contributed by atoms with Crippen LogP contribution < -0.4 is 10.0 Å². The number of alkyl halides is 2. The fourth-order valence-electron chi connectivity index (χ4n) is 6.88. The molecule has 0 bridgehead atoms. The molecule has 3 heterocycles. The molecular weight excluding hydrogens is 816 g/mol. The van der Waals surface area contributed by atoms with E-state index in [-0.39, 0.29) is 57.3 Å². The van der Waals surface area contributed by atoms with Gasteiger partial charge in [-0.25, -0.2) is 22.2 Å². The number of nitrogens with one attached hydrogen (secondary N) is 2. The Morgan fingerprint density at radius 3 is 2.39 bits per heavy atom. The molecule has 0 spiro atoms. The number of hydrogen-bond acceptors (Lipinski definition) is 8. The van der Waals surface area contributed by atoms with Crippen LogP contribution in [0.25, 0.3) is 22.0 Å². The Balaban J connectivity index is 1.54. The van der Waals surface area contributed by atoms with Crippen molar-refractivity contribution in [3.8, 4) is 35.3 Å². The minimum atomic E-state index is -3.83. The molecule has 2 atom stereocenters. The van der Waals surface area contributed by atoms with E-state index < -0.39 is 69.2 Å². The number of nitrogens with zero attached hydrogens (tertiary/aromatic N) is 6. The standard InChI is InChI=1S/C40H37ClF4N8O5S/c1-8-22-18-28-34(38(55)51(4)5)48-53(36(28)40(22,44)45)20-31(54)47-30(17-21-15-23(42)19-24(43)16-21)33-26(10-9-25(46-33)13-14-39(2,3)56)27-11-12-29(41)32-35(27)52(6)49-37(32)50-59(7,57)58/h1,9-12,15-16,19,22,30,56H,17-18,20H2,2-7H3,(H,47,54)(H,49,50). The van der Waals surface area contributed by atoms with E-state index in [1.54, 1.807) is 19.2 Å². The number of amides is 2. The van der Waals surface area contributed by atoms with Crippen molar-refractivity contribution in [3.05, 3.63) is 93.0 Å². The molecule has 19 heteroatoms. The van der Waals surface area contributed by atoms with Gasteiger partial charge >= 0.3 is 5.92 Å². The van der Waals surface area contributed by atoms with E-state index in [1.807, 2.05) is 0 Å². The van der Waals surface area contributed by atoms with Crippen LogP contribution in [0.1, 0.15) is 58.6 Å². The first-order valence-electron chi connectivity index (χ1n) is 17.8. The van der Waals surface area contributed by atoms with E-state index in [0.29, 0.717) is 22.7 Å². The molecule has 0 fully saturated rings. The predicted molar refractivity (Wildman–Crippen MR) is 212 cm³/mol. The number of carbonyl (C=O) groups is 2. The quantitative estimate of drug-likeness (QED) is 0.131. The molecule has 2 unspecified atom stereocenters. The zero-order chi connectivity index (χ0) is 43.4. The van der Waals surface area contributed by atoms with Gasteiger partial charge < -0.3 is 15.3 Å². The molecule has 2 aromatic carbocycles. The molecule has 308 valence electrons. The van der Waals surface area contributed by atoms with Gasteiger partial charge in [0, 0.05) is 43.9 Å². The van der Waals surface area contributed by atoms with E-state index in [4.69, 9.17) is 23.0 Å². The molecule has 0 saturated carbocycles. The molecule has 1 aliphatic carbocycles. The number of hydrogen-bond donors (Lipinski definition) is 3. The van der Waals surface area contributed by atoms with Crippen molar-refractivity contribution < 1.29 is 40.7 Å². The maximum absolute atomic E-state index is 15.8. The van der Waals surface area contributed by atoms with Gasteiger partial charge in [-0.3, -0.25) is 23.7 Å². The number of sulfonamides is 1. The smallest absolute Gasteiger partial charge is 0.303 e. The summed E-state index contributed by atoms with van der Waals surface area (Å²) in [5.41, 5.74) is -1.33. The third-order valence-electron chi connectivity index (χ3n) is 9.27. The maximum Gasteiger partial charge on any atom is 0.303 e. The number of terminal acetylenes is 1. The summed E-state index contributed by atoms with van der Waals surface area (Å²) in [5.74, 6) is -1.26. The summed E-state index contributed by atoms with van der Waals surface area (Å²) < 4.78 is 89.8. The fraction of sp³-hybridized carbons (Fsp3) is 0.325. The Morgan fingerprint density at radius 1 is 1.12 bits per heavy atom. The predicted octanol–water partition coefficient (Wildman–Crippen LogP) is 4.96. The van der Waals surface area contributed by atoms with Crippen LogP contribution >= 0.6 is 11.6 Å². The van der Waals surface area contributed by atoms with Crippen LogP contribution in [-0.2, 0) is 47.2 Å². The molecule has 13 nitrogen and oxygen atoms in total. The third-order valence-corrected chi connectivity index (χ3v) is 10.2. The van der Waals surface area contributed by atoms with E-state index in [0.717, 1.165) is 28.0 Å². The van der Waals surface area contributed by atoms with Gasteiger partial charge in [-0.2, -0.15) is 19.0 Å². The number of pyridine rings is 1. The zero-order valence-electron chi connectivity index (χ0n) is 32.5. The fourth-order valence-corrected chi connectivity index (χ4v) is 7.61. The Hall–Kier alpha value is -5.95. The summed E-state index contributed by atoms with van der Waals surface area (Å²) in [6.45, 7) is 2.06. The van der Waals surface area contributed by atoms with E-state index >= 15 is 8.78 Å². The lowest BCUT2D eigenvalue weighted by molar-refractivity contribution is -0.123. The van der Waals surface area contributed by atoms with Gasteiger partial charge in [0.25, 0.3) is 5.91 Å². The Kier molecular flexibility index (Phi) is 11.3. The van der Waals surface area contributed by atoms with Crippen LogP contribution in [0.3, 0.4) is 0 Å². The summed E-state index contributed by atoms with van der Waals surface area (Å²) in [6, 6.07) is 7.66. The first-order valence-corrected chi connectivity index (χ1v) is 20.0. The lowest BCUT2D eigenvalue weighted by Gasteiger charge is -2.23. The van der Waals surface area contributed by atoms with E-state index in [2.05, 4.69) is 38.0 Å². The molecule has 5 aromatic rings. The average molecular weight is 853 g/mol. The topological polar surface area (TPSA) is 164 Å². The molecule has 0 radical (unpaired) electrons. The SMILES string of the molecule is C#CC1Cc2c(C(=O)N(C)C)nn(CC(=O)NC(Cc3cc(F)cc(F)c3)c3nc(C#CC(C)(C)O)ccc3-c3ccc(Cl)c4c(NS(C)(=O)=O)nn(C)c34)c2C1(F)F. The van der Waals surface area contributed by atoms with Crippen molar-refractivity contribution in [3.63, 3.8) is 0 Å². The number of aliphatic hydroxyl groups is 1. The van der Waals surface area contributed by atoms with Crippen LogP contribution in [0.4, 0.5) is 23.4 Å². The van der Waals surface area contributed by atoms with E-state index in [9.17, 15) is 31.9 Å². The van der Waals surface area contributed by atoms with Crippen LogP contribution in [0, 0.1) is 41.7 Å². The lowest BCUT2D eigenvalue weighted by atomic mass is 9.93. The van der Waals surface area contributed by atoms with Crippen molar-refractivity contribution in [1.82, 2.24) is 34.8 Å². The average Bonchev–Trinajstić information content (AvgIpc) is 3.73. The zero-order valence-corrected chi connectivity index (χ0v) is 34.0. The molecule has 1 aliphatic rings. The summed E-state index contributed by atoms with van der Waals surface area (Å²) in [6.07, 6.45) is 5.71. The number of carbonyl (C=O) groups excluding carboxylic acids is 2. The number of aryl methyl sites for hydroxylation is 1. The van der Waals surface area contributed by atoms with Gasteiger partial charge in [0.2, 0.25) is 15.9 Å². The van der Waals surface area contributed by atoms with Crippen molar-refractivity contribution in [2.24, 2.45) is 13.0 Å². The minimum Gasteiger partial charge on any atom is -0.378 e. The second kappa shape index (κ2) is 15.7. The van der Waals surface area contributed by atoms with Crippen LogP contribution in [0.2, 0.25) is 5.02 Å². The Labute approximate surface area is 341 Å². The Bertz CT molecular complexity index is 2740. The largest absolute Gasteiger partial charge is 0.378 e. The lowest BCUT2D eigenvalue weighted by Crippen LogP contribution is -2.35. The Morgan fingerprint density at radius 2 is 1.78 bits per heavy atom. The molecule has 0 saturated heterocycles. The summed E-state index contributed by atoms with van der Waals surface area (Å²) >= 11 is 6.61. The first-order chi connectivity index (χ1) is 27.5. The molecular formula is C40H37ClF4N8O5S.